The van der Waals surface area contributed by atoms with Gasteiger partial charge in [-0.25, -0.2) is 12.8 Å². The Balaban J connectivity index is 2.08. The summed E-state index contributed by atoms with van der Waals surface area (Å²) >= 11 is 0. The smallest absolute Gasteiger partial charge is 0.253 e. The molecule has 0 unspecified atom stereocenters. The minimum atomic E-state index is -2.96. The summed E-state index contributed by atoms with van der Waals surface area (Å²) in [4.78, 5) is 12.1. The Bertz CT molecular complexity index is 602. The lowest BCUT2D eigenvalue weighted by Gasteiger charge is -2.23. The lowest BCUT2D eigenvalue weighted by Crippen LogP contribution is -2.41. The maximum Gasteiger partial charge on any atom is 0.253 e. The molecule has 1 aliphatic heterocycles. The van der Waals surface area contributed by atoms with Gasteiger partial charge in [0.25, 0.3) is 5.91 Å². The standard InChI is InChI=1S/C13H17FN2O3S/c1-15-12-10(3-2-4-11(12)14)13(17)16-9-5-7-20(18,19)8-6-9/h2-4,9,15H,5-8H2,1H3,(H,16,17). The Hall–Kier alpha value is -1.63. The third-order valence-corrected chi connectivity index (χ3v) is 5.11. The van der Waals surface area contributed by atoms with E-state index < -0.39 is 21.6 Å². The van der Waals surface area contributed by atoms with Crippen LogP contribution in [0.2, 0.25) is 0 Å². The molecule has 0 atom stereocenters. The molecule has 0 bridgehead atoms. The van der Waals surface area contributed by atoms with Gasteiger partial charge in [0, 0.05) is 13.1 Å². The van der Waals surface area contributed by atoms with Gasteiger partial charge < -0.3 is 10.6 Å². The first-order valence-electron chi connectivity index (χ1n) is 6.40. The Morgan fingerprint density at radius 3 is 2.55 bits per heavy atom. The van der Waals surface area contributed by atoms with Crippen molar-refractivity contribution in [3.8, 4) is 0 Å². The normalized spacial score (nSPS) is 18.5. The van der Waals surface area contributed by atoms with Gasteiger partial charge in [-0.15, -0.1) is 0 Å². The van der Waals surface area contributed by atoms with Crippen LogP contribution in [0.25, 0.3) is 0 Å². The highest BCUT2D eigenvalue weighted by atomic mass is 32.2. The Labute approximate surface area is 117 Å². The molecule has 1 fully saturated rings. The number of nitrogens with one attached hydrogen (secondary N) is 2. The van der Waals surface area contributed by atoms with E-state index in [0.717, 1.165) is 0 Å². The maximum absolute atomic E-state index is 13.6. The van der Waals surface area contributed by atoms with Gasteiger partial charge in [0.05, 0.1) is 22.8 Å². The van der Waals surface area contributed by atoms with Gasteiger partial charge in [0.2, 0.25) is 0 Å². The number of hydrogen-bond donors (Lipinski definition) is 2. The molecule has 1 heterocycles. The molecule has 1 amide bonds. The van der Waals surface area contributed by atoms with Crippen molar-refractivity contribution in [2.24, 2.45) is 0 Å². The second-order valence-electron chi connectivity index (χ2n) is 4.81. The molecule has 1 aliphatic rings. The monoisotopic (exact) mass is 300 g/mol. The molecule has 2 rings (SSSR count). The first-order valence-corrected chi connectivity index (χ1v) is 8.22. The van der Waals surface area contributed by atoms with Crippen LogP contribution in [0, 0.1) is 5.82 Å². The van der Waals surface area contributed by atoms with Crippen LogP contribution in [0.5, 0.6) is 0 Å². The summed E-state index contributed by atoms with van der Waals surface area (Å²) in [6.45, 7) is 0. The molecule has 110 valence electrons. The highest BCUT2D eigenvalue weighted by molar-refractivity contribution is 7.91. The van der Waals surface area contributed by atoms with Gasteiger partial charge >= 0.3 is 0 Å². The summed E-state index contributed by atoms with van der Waals surface area (Å²) in [6, 6.07) is 4.09. The molecule has 0 radical (unpaired) electrons. The fourth-order valence-corrected chi connectivity index (χ4v) is 3.76. The average Bonchev–Trinajstić information content (AvgIpc) is 2.41. The van der Waals surface area contributed by atoms with Gasteiger partial charge in [-0.2, -0.15) is 0 Å². The fraction of sp³-hybridized carbons (Fsp3) is 0.462. The second kappa shape index (κ2) is 5.78. The van der Waals surface area contributed by atoms with Crippen LogP contribution in [-0.4, -0.2) is 38.9 Å². The summed E-state index contributed by atoms with van der Waals surface area (Å²) in [5, 5.41) is 5.43. The molecule has 1 aromatic carbocycles. The number of carbonyl (C=O) groups is 1. The van der Waals surface area contributed by atoms with Crippen LogP contribution in [0.4, 0.5) is 10.1 Å². The summed E-state index contributed by atoms with van der Waals surface area (Å²) in [7, 11) is -1.42. The molecule has 5 nitrogen and oxygen atoms in total. The van der Waals surface area contributed by atoms with Crippen molar-refractivity contribution in [2.75, 3.05) is 23.9 Å². The third kappa shape index (κ3) is 3.27. The molecule has 1 saturated heterocycles. The SMILES string of the molecule is CNc1c(F)cccc1C(=O)NC1CCS(=O)(=O)CC1. The highest BCUT2D eigenvalue weighted by Crippen LogP contribution is 2.20. The van der Waals surface area contributed by atoms with E-state index in [2.05, 4.69) is 10.6 Å². The zero-order valence-electron chi connectivity index (χ0n) is 11.1. The molecule has 2 N–H and O–H groups in total. The second-order valence-corrected chi connectivity index (χ2v) is 7.12. The predicted molar refractivity (Wildman–Crippen MR) is 75.1 cm³/mol. The van der Waals surface area contributed by atoms with Crippen molar-refractivity contribution in [2.45, 2.75) is 18.9 Å². The molecule has 7 heteroatoms. The number of rotatable bonds is 3. The summed E-state index contributed by atoms with van der Waals surface area (Å²) in [5.41, 5.74) is 0.370. The predicted octanol–water partition coefficient (Wildman–Crippen LogP) is 1.17. The molecule has 0 aliphatic carbocycles. The van der Waals surface area contributed by atoms with Crippen molar-refractivity contribution in [1.29, 1.82) is 0 Å². The number of sulfone groups is 1. The largest absolute Gasteiger partial charge is 0.385 e. The van der Waals surface area contributed by atoms with E-state index in [0.29, 0.717) is 12.8 Å². The Morgan fingerprint density at radius 1 is 1.30 bits per heavy atom. The van der Waals surface area contributed by atoms with Crippen LogP contribution in [0.15, 0.2) is 18.2 Å². The van der Waals surface area contributed by atoms with E-state index in [1.165, 1.54) is 18.2 Å². The number of halogens is 1. The molecule has 1 aromatic rings. The topological polar surface area (TPSA) is 75.3 Å². The van der Waals surface area contributed by atoms with E-state index in [1.807, 2.05) is 0 Å². The number of hydrogen-bond acceptors (Lipinski definition) is 4. The number of benzene rings is 1. The first kappa shape index (κ1) is 14.8. The summed E-state index contributed by atoms with van der Waals surface area (Å²) in [5.74, 6) is -0.718. The minimum Gasteiger partial charge on any atom is -0.385 e. The number of anilines is 1. The lowest BCUT2D eigenvalue weighted by atomic mass is 10.1. The van der Waals surface area contributed by atoms with Gasteiger partial charge in [0.15, 0.2) is 0 Å². The van der Waals surface area contributed by atoms with E-state index in [1.54, 1.807) is 7.05 Å². The minimum absolute atomic E-state index is 0.0833. The molecular weight excluding hydrogens is 283 g/mol. The maximum atomic E-state index is 13.6. The Kier molecular flexibility index (Phi) is 4.27. The van der Waals surface area contributed by atoms with E-state index in [-0.39, 0.29) is 28.8 Å². The number of carbonyl (C=O) groups excluding carboxylic acids is 1. The zero-order valence-corrected chi connectivity index (χ0v) is 12.0. The van der Waals surface area contributed by atoms with E-state index >= 15 is 0 Å². The van der Waals surface area contributed by atoms with Gasteiger partial charge in [-0.05, 0) is 25.0 Å². The Morgan fingerprint density at radius 2 is 1.95 bits per heavy atom. The first-order chi connectivity index (χ1) is 9.43. The molecule has 0 spiro atoms. The molecule has 20 heavy (non-hydrogen) atoms. The van der Waals surface area contributed by atoms with Crippen LogP contribution in [0.1, 0.15) is 23.2 Å². The number of amides is 1. The highest BCUT2D eigenvalue weighted by Gasteiger charge is 2.25. The van der Waals surface area contributed by atoms with Crippen molar-refractivity contribution < 1.29 is 17.6 Å². The third-order valence-electron chi connectivity index (χ3n) is 3.40. The average molecular weight is 300 g/mol. The van der Waals surface area contributed by atoms with Crippen molar-refractivity contribution >= 4 is 21.4 Å². The van der Waals surface area contributed by atoms with E-state index in [4.69, 9.17) is 0 Å². The van der Waals surface area contributed by atoms with Gasteiger partial charge in [-0.3, -0.25) is 4.79 Å². The van der Waals surface area contributed by atoms with Crippen molar-refractivity contribution in [3.05, 3.63) is 29.6 Å². The molecular formula is C13H17FN2O3S. The summed E-state index contributed by atoms with van der Waals surface area (Å²) in [6.07, 6.45) is 0.802. The molecule has 0 saturated carbocycles. The zero-order chi connectivity index (χ0) is 14.8. The van der Waals surface area contributed by atoms with Crippen molar-refractivity contribution in [1.82, 2.24) is 5.32 Å². The fourth-order valence-electron chi connectivity index (χ4n) is 2.26. The lowest BCUT2D eigenvalue weighted by molar-refractivity contribution is 0.0934. The van der Waals surface area contributed by atoms with Crippen LogP contribution in [-0.2, 0) is 9.84 Å². The van der Waals surface area contributed by atoms with E-state index in [9.17, 15) is 17.6 Å². The number of para-hydroxylation sites is 1. The summed E-state index contributed by atoms with van der Waals surface area (Å²) < 4.78 is 36.2. The van der Waals surface area contributed by atoms with Crippen LogP contribution < -0.4 is 10.6 Å². The molecule has 0 aromatic heterocycles. The van der Waals surface area contributed by atoms with Gasteiger partial charge in [-0.1, -0.05) is 6.07 Å². The van der Waals surface area contributed by atoms with Crippen LogP contribution >= 0.6 is 0 Å². The quantitative estimate of drug-likeness (QED) is 0.879. The van der Waals surface area contributed by atoms with Crippen molar-refractivity contribution in [3.63, 3.8) is 0 Å². The van der Waals surface area contributed by atoms with Gasteiger partial charge in [0.1, 0.15) is 15.7 Å². The van der Waals surface area contributed by atoms with Crippen LogP contribution in [0.3, 0.4) is 0 Å².